The minimum atomic E-state index is 0.542. The zero-order valence-electron chi connectivity index (χ0n) is 8.40. The molecule has 1 aliphatic heterocycles. The largest absolute Gasteiger partial charge is 0.309 e. The Bertz CT molecular complexity index is 468. The molecule has 0 aromatic carbocycles. The number of fused-ring (bicyclic) bond motifs is 1. The van der Waals surface area contributed by atoms with Gasteiger partial charge in [0, 0.05) is 30.5 Å². The second-order valence-electron chi connectivity index (χ2n) is 4.15. The Morgan fingerprint density at radius 2 is 2.40 bits per heavy atom. The van der Waals surface area contributed by atoms with E-state index in [0.717, 1.165) is 18.0 Å². The lowest BCUT2D eigenvalue weighted by molar-refractivity contribution is 0.307. The Kier molecular flexibility index (Phi) is 1.87. The summed E-state index contributed by atoms with van der Waals surface area (Å²) in [6.07, 6.45) is 12.5. The second-order valence-corrected chi connectivity index (χ2v) is 4.15. The molecule has 2 atom stereocenters. The highest BCUT2D eigenvalue weighted by molar-refractivity contribution is 5.73. The zero-order chi connectivity index (χ0) is 10.3. The van der Waals surface area contributed by atoms with Gasteiger partial charge in [-0.05, 0) is 29.5 Å². The van der Waals surface area contributed by atoms with Gasteiger partial charge in [-0.2, -0.15) is 0 Å². The molecule has 1 fully saturated rings. The van der Waals surface area contributed by atoms with Crippen molar-refractivity contribution in [3.8, 4) is 12.3 Å². The van der Waals surface area contributed by atoms with Crippen LogP contribution in [0.2, 0.25) is 0 Å². The van der Waals surface area contributed by atoms with Crippen LogP contribution < -0.4 is 5.32 Å². The van der Waals surface area contributed by atoms with Crippen LogP contribution in [-0.2, 0) is 0 Å². The van der Waals surface area contributed by atoms with E-state index in [2.05, 4.69) is 22.3 Å². The molecule has 0 saturated carbocycles. The molecule has 1 aromatic heterocycles. The molecule has 2 heteroatoms. The highest BCUT2D eigenvalue weighted by Crippen LogP contribution is 2.37. The summed E-state index contributed by atoms with van der Waals surface area (Å²) < 4.78 is 0. The minimum Gasteiger partial charge on any atom is -0.309 e. The van der Waals surface area contributed by atoms with E-state index in [9.17, 15) is 0 Å². The Hall–Kier alpha value is -1.59. The Labute approximate surface area is 89.4 Å². The Morgan fingerprint density at radius 3 is 3.07 bits per heavy atom. The molecule has 2 unspecified atom stereocenters. The molecule has 0 spiro atoms. The zero-order valence-corrected chi connectivity index (χ0v) is 8.40. The number of pyridine rings is 1. The summed E-state index contributed by atoms with van der Waals surface area (Å²) >= 11 is 0. The first-order chi connectivity index (χ1) is 7.38. The van der Waals surface area contributed by atoms with Gasteiger partial charge >= 0.3 is 0 Å². The number of hydrogen-bond acceptors (Lipinski definition) is 2. The number of aromatic nitrogens is 1. The highest BCUT2D eigenvalue weighted by Gasteiger charge is 2.37. The maximum absolute atomic E-state index is 5.37. The van der Waals surface area contributed by atoms with Crippen molar-refractivity contribution in [3.05, 3.63) is 35.7 Å². The van der Waals surface area contributed by atoms with Gasteiger partial charge in [0.1, 0.15) is 0 Å². The highest BCUT2D eigenvalue weighted by atomic mass is 15.0. The molecule has 2 aliphatic rings. The van der Waals surface area contributed by atoms with Gasteiger partial charge in [-0.3, -0.25) is 4.98 Å². The molecule has 0 radical (unpaired) electrons. The summed E-state index contributed by atoms with van der Waals surface area (Å²) in [5, 5.41) is 3.45. The number of nitrogens with one attached hydrogen (secondary N) is 1. The third-order valence-electron chi connectivity index (χ3n) is 3.29. The quantitative estimate of drug-likeness (QED) is 0.687. The maximum atomic E-state index is 5.37. The fraction of sp³-hybridized carbons (Fsp3) is 0.308. The van der Waals surface area contributed by atoms with E-state index in [1.54, 1.807) is 6.20 Å². The topological polar surface area (TPSA) is 24.9 Å². The number of allylic oxidation sites excluding steroid dienone is 1. The molecule has 1 saturated heterocycles. The van der Waals surface area contributed by atoms with Crippen LogP contribution in [0.4, 0.5) is 0 Å². The monoisotopic (exact) mass is 196 g/mol. The van der Waals surface area contributed by atoms with Gasteiger partial charge in [-0.15, -0.1) is 6.42 Å². The molecule has 1 aliphatic carbocycles. The fourth-order valence-corrected chi connectivity index (χ4v) is 2.37. The summed E-state index contributed by atoms with van der Waals surface area (Å²) in [6, 6.07) is 2.58. The van der Waals surface area contributed by atoms with Crippen molar-refractivity contribution < 1.29 is 0 Å². The molecule has 1 aromatic rings. The Morgan fingerprint density at radius 1 is 1.47 bits per heavy atom. The van der Waals surface area contributed by atoms with E-state index in [1.807, 2.05) is 12.3 Å². The molecule has 0 amide bonds. The number of rotatable bonds is 1. The summed E-state index contributed by atoms with van der Waals surface area (Å²) in [4.78, 5) is 4.17. The van der Waals surface area contributed by atoms with E-state index < -0.39 is 0 Å². The number of terminal acetylenes is 1. The fourth-order valence-electron chi connectivity index (χ4n) is 2.37. The third-order valence-corrected chi connectivity index (χ3v) is 3.29. The average molecular weight is 196 g/mol. The van der Waals surface area contributed by atoms with Crippen molar-refractivity contribution in [3.63, 3.8) is 0 Å². The van der Waals surface area contributed by atoms with Gasteiger partial charge in [0.25, 0.3) is 0 Å². The molecule has 15 heavy (non-hydrogen) atoms. The van der Waals surface area contributed by atoms with Crippen LogP contribution >= 0.6 is 0 Å². The van der Waals surface area contributed by atoms with Gasteiger partial charge in [0.15, 0.2) is 0 Å². The van der Waals surface area contributed by atoms with Gasteiger partial charge < -0.3 is 5.32 Å². The van der Waals surface area contributed by atoms with Crippen LogP contribution in [0, 0.1) is 18.3 Å². The third kappa shape index (κ3) is 1.28. The smallest absolute Gasteiger partial charge is 0.0432 e. The first kappa shape index (κ1) is 8.70. The van der Waals surface area contributed by atoms with Crippen LogP contribution in [-0.4, -0.2) is 17.6 Å². The van der Waals surface area contributed by atoms with Crippen LogP contribution in [0.15, 0.2) is 24.5 Å². The maximum Gasteiger partial charge on any atom is 0.0432 e. The molecular weight excluding hydrogens is 184 g/mol. The summed E-state index contributed by atoms with van der Waals surface area (Å²) in [5.74, 6) is 3.43. The summed E-state index contributed by atoms with van der Waals surface area (Å²) in [6.45, 7) is 1.15. The first-order valence-electron chi connectivity index (χ1n) is 5.24. The first-order valence-corrected chi connectivity index (χ1v) is 5.24. The van der Waals surface area contributed by atoms with E-state index in [1.165, 1.54) is 17.6 Å². The Balaban J connectivity index is 1.96. The summed E-state index contributed by atoms with van der Waals surface area (Å²) in [5.41, 5.74) is 3.40. The molecule has 0 bridgehead atoms. The predicted molar refractivity (Wildman–Crippen MR) is 60.0 cm³/mol. The predicted octanol–water partition coefficient (Wildman–Crippen LogP) is 1.44. The standard InChI is InChI=1S/C13H12N2/c1-2-9-5-11(7-14-6-9)12-4-3-10-8-15-13(10)12/h1,4-7,10,13,15H,3,8H2. The van der Waals surface area contributed by atoms with Crippen LogP contribution in [0.5, 0.6) is 0 Å². The van der Waals surface area contributed by atoms with Crippen molar-refractivity contribution in [2.75, 3.05) is 6.54 Å². The molecule has 1 N–H and O–H groups in total. The van der Waals surface area contributed by atoms with E-state index in [-0.39, 0.29) is 0 Å². The molecule has 74 valence electrons. The van der Waals surface area contributed by atoms with Gasteiger partial charge in [-0.1, -0.05) is 12.0 Å². The van der Waals surface area contributed by atoms with Crippen molar-refractivity contribution in [2.24, 2.45) is 5.92 Å². The van der Waals surface area contributed by atoms with Gasteiger partial charge in [-0.25, -0.2) is 0 Å². The van der Waals surface area contributed by atoms with Crippen LogP contribution in [0.1, 0.15) is 17.5 Å². The molecular formula is C13H12N2. The minimum absolute atomic E-state index is 0.542. The van der Waals surface area contributed by atoms with Crippen molar-refractivity contribution in [1.29, 1.82) is 0 Å². The van der Waals surface area contributed by atoms with E-state index >= 15 is 0 Å². The second kappa shape index (κ2) is 3.22. The normalized spacial score (nSPS) is 27.5. The van der Waals surface area contributed by atoms with Crippen molar-refractivity contribution >= 4 is 5.57 Å². The van der Waals surface area contributed by atoms with Gasteiger partial charge in [0.2, 0.25) is 0 Å². The number of hydrogen-bond donors (Lipinski definition) is 1. The van der Waals surface area contributed by atoms with Crippen LogP contribution in [0.25, 0.3) is 5.57 Å². The van der Waals surface area contributed by atoms with Crippen molar-refractivity contribution in [2.45, 2.75) is 12.5 Å². The summed E-state index contributed by atoms with van der Waals surface area (Å²) in [7, 11) is 0. The number of nitrogens with zero attached hydrogens (tertiary/aromatic N) is 1. The molecule has 2 heterocycles. The van der Waals surface area contributed by atoms with E-state index in [0.29, 0.717) is 6.04 Å². The lowest BCUT2D eigenvalue weighted by Gasteiger charge is -2.34. The van der Waals surface area contributed by atoms with Crippen molar-refractivity contribution in [1.82, 2.24) is 10.3 Å². The van der Waals surface area contributed by atoms with E-state index in [4.69, 9.17) is 6.42 Å². The average Bonchev–Trinajstić information content (AvgIpc) is 2.54. The lowest BCUT2D eigenvalue weighted by Crippen LogP contribution is -2.50. The molecule has 3 rings (SSSR count). The van der Waals surface area contributed by atoms with Gasteiger partial charge in [0.05, 0.1) is 0 Å². The SMILES string of the molecule is C#Cc1cncc(C2=CCC3CNC23)c1. The van der Waals surface area contributed by atoms with Crippen LogP contribution in [0.3, 0.4) is 0 Å². The molecule has 2 nitrogen and oxygen atoms in total. The lowest BCUT2D eigenvalue weighted by atomic mass is 9.89.